The van der Waals surface area contributed by atoms with Gasteiger partial charge in [0.25, 0.3) is 17.4 Å². The number of benzene rings is 2. The van der Waals surface area contributed by atoms with Crippen molar-refractivity contribution in [2.24, 2.45) is 0 Å². The topological polar surface area (TPSA) is 112 Å². The Bertz CT molecular complexity index is 1350. The number of halogens is 2. The molecule has 0 bridgehead atoms. The van der Waals surface area contributed by atoms with Crippen molar-refractivity contribution >= 4 is 17.5 Å². The zero-order valence-electron chi connectivity index (χ0n) is 19.6. The van der Waals surface area contributed by atoms with E-state index >= 15 is 0 Å². The van der Waals surface area contributed by atoms with Gasteiger partial charge < -0.3 is 20.1 Å². The van der Waals surface area contributed by atoms with Gasteiger partial charge in [-0.05, 0) is 54.8 Å². The molecule has 0 atom stereocenters. The molecule has 0 unspecified atom stereocenters. The molecule has 0 saturated heterocycles. The first-order valence-corrected chi connectivity index (χ1v) is 11.1. The van der Waals surface area contributed by atoms with E-state index in [0.717, 1.165) is 16.8 Å². The van der Waals surface area contributed by atoms with Gasteiger partial charge >= 0.3 is 0 Å². The van der Waals surface area contributed by atoms with Crippen LogP contribution in [0.5, 0.6) is 5.75 Å². The molecule has 188 valence electrons. The van der Waals surface area contributed by atoms with E-state index in [9.17, 15) is 23.2 Å². The van der Waals surface area contributed by atoms with Gasteiger partial charge in [0.05, 0.1) is 25.3 Å². The minimum Gasteiger partial charge on any atom is -0.494 e. The van der Waals surface area contributed by atoms with Gasteiger partial charge in [0.2, 0.25) is 0 Å². The third kappa shape index (κ3) is 5.57. The third-order valence-corrected chi connectivity index (χ3v) is 5.88. The van der Waals surface area contributed by atoms with Crippen LogP contribution in [0.15, 0.2) is 53.3 Å². The van der Waals surface area contributed by atoms with Crippen LogP contribution in [0.2, 0.25) is 0 Å². The smallest absolute Gasteiger partial charge is 0.276 e. The lowest BCUT2D eigenvalue weighted by Crippen LogP contribution is -2.47. The molecular formula is C25H24F2N4O5. The molecular weight excluding hydrogens is 474 g/mol. The van der Waals surface area contributed by atoms with Crippen molar-refractivity contribution in [2.75, 3.05) is 19.5 Å². The molecule has 1 heterocycles. The maximum Gasteiger partial charge on any atom is 0.276 e. The normalized spacial score (nSPS) is 16.7. The molecule has 0 radical (unpaired) electrons. The van der Waals surface area contributed by atoms with Crippen LogP contribution in [-0.4, -0.2) is 48.0 Å². The van der Waals surface area contributed by atoms with Gasteiger partial charge in [-0.15, -0.1) is 0 Å². The highest BCUT2D eigenvalue weighted by Crippen LogP contribution is 2.24. The maximum atomic E-state index is 14.3. The summed E-state index contributed by atoms with van der Waals surface area (Å²) in [6.45, 7) is -0.0766. The number of hydrogen-bond donors (Lipinski definition) is 2. The van der Waals surface area contributed by atoms with Crippen LogP contribution >= 0.6 is 0 Å². The van der Waals surface area contributed by atoms with Crippen molar-refractivity contribution in [1.82, 2.24) is 15.1 Å². The van der Waals surface area contributed by atoms with Gasteiger partial charge in [-0.3, -0.25) is 14.4 Å². The highest BCUT2D eigenvalue weighted by molar-refractivity contribution is 6.03. The second kappa shape index (κ2) is 10.6. The predicted octanol–water partition coefficient (Wildman–Crippen LogP) is 2.74. The molecule has 1 aliphatic carbocycles. The molecule has 0 aliphatic heterocycles. The Labute approximate surface area is 205 Å². The largest absolute Gasteiger partial charge is 0.494 e. The van der Waals surface area contributed by atoms with Gasteiger partial charge in [-0.1, -0.05) is 6.07 Å². The molecule has 2 amide bonds. The Kier molecular flexibility index (Phi) is 7.39. The number of methoxy groups -OCH3 is 2. The number of anilines is 1. The van der Waals surface area contributed by atoms with Crippen molar-refractivity contribution in [1.29, 1.82) is 0 Å². The molecule has 1 aliphatic rings. The molecule has 4 rings (SSSR count). The minimum atomic E-state index is -0.730. The van der Waals surface area contributed by atoms with Gasteiger partial charge in [-0.25, -0.2) is 13.5 Å². The van der Waals surface area contributed by atoms with E-state index in [-0.39, 0.29) is 41.4 Å². The van der Waals surface area contributed by atoms with Gasteiger partial charge in [-0.2, -0.15) is 5.10 Å². The molecule has 1 saturated carbocycles. The summed E-state index contributed by atoms with van der Waals surface area (Å²) in [5.74, 6) is -2.53. The Morgan fingerprint density at radius 1 is 1.03 bits per heavy atom. The van der Waals surface area contributed by atoms with E-state index in [4.69, 9.17) is 9.47 Å². The predicted molar refractivity (Wildman–Crippen MR) is 126 cm³/mol. The highest BCUT2D eigenvalue weighted by atomic mass is 19.1. The lowest BCUT2D eigenvalue weighted by atomic mass is 9.89. The number of carbonyl (C=O) groups is 2. The summed E-state index contributed by atoms with van der Waals surface area (Å²) in [5, 5.41) is 9.35. The van der Waals surface area contributed by atoms with Crippen LogP contribution in [-0.2, 0) is 11.3 Å². The number of hydrogen-bond acceptors (Lipinski definition) is 6. The molecule has 2 N–H and O–H groups in total. The van der Waals surface area contributed by atoms with Crippen molar-refractivity contribution < 1.29 is 27.8 Å². The minimum absolute atomic E-state index is 0.0615. The average molecular weight is 498 g/mol. The zero-order chi connectivity index (χ0) is 25.8. The molecule has 0 spiro atoms. The number of nitrogens with zero attached hydrogens (tertiary/aromatic N) is 2. The zero-order valence-corrected chi connectivity index (χ0v) is 19.6. The van der Waals surface area contributed by atoms with Crippen molar-refractivity contribution in [3.8, 4) is 5.75 Å². The summed E-state index contributed by atoms with van der Waals surface area (Å²) in [7, 11) is 2.93. The number of amides is 2. The molecule has 11 heteroatoms. The molecule has 1 fully saturated rings. The fraction of sp³-hybridized carbons (Fsp3) is 0.280. The Morgan fingerprint density at radius 2 is 1.81 bits per heavy atom. The van der Waals surface area contributed by atoms with E-state index in [1.807, 2.05) is 0 Å². The molecule has 3 aromatic rings. The summed E-state index contributed by atoms with van der Waals surface area (Å²) < 4.78 is 39.4. The Hall–Kier alpha value is -4.12. The summed E-state index contributed by atoms with van der Waals surface area (Å²) in [4.78, 5) is 37.5. The van der Waals surface area contributed by atoms with E-state index in [1.54, 1.807) is 13.2 Å². The lowest BCUT2D eigenvalue weighted by molar-refractivity contribution is 0.0175. The van der Waals surface area contributed by atoms with Gasteiger partial charge in [0.1, 0.15) is 11.5 Å². The fourth-order valence-corrected chi connectivity index (χ4v) is 3.78. The van der Waals surface area contributed by atoms with E-state index in [2.05, 4.69) is 15.7 Å². The number of nitrogens with one attached hydrogen (secondary N) is 2. The number of rotatable bonds is 8. The van der Waals surface area contributed by atoms with Crippen LogP contribution in [0, 0.1) is 11.6 Å². The standard InChI is InChI=1S/C25H24F2N4O5/c1-35-17-10-16(11-17)29-24(33)18-12-15(4-5-19(18)26)28-25(34)21-6-8-23(32)31(30-21)13-14-3-7-22(36-2)20(27)9-14/h3-9,12,16-17H,10-11,13H2,1-2H3,(H,28,34)(H,29,33). The van der Waals surface area contributed by atoms with Crippen LogP contribution < -0.4 is 20.9 Å². The summed E-state index contributed by atoms with van der Waals surface area (Å²) in [5.41, 5.74) is -0.188. The first-order chi connectivity index (χ1) is 17.3. The summed E-state index contributed by atoms with van der Waals surface area (Å²) in [6.07, 6.45) is 1.36. The van der Waals surface area contributed by atoms with Crippen LogP contribution in [0.25, 0.3) is 0 Å². The molecule has 2 aromatic carbocycles. The average Bonchev–Trinajstić information content (AvgIpc) is 2.83. The quantitative estimate of drug-likeness (QED) is 0.494. The van der Waals surface area contributed by atoms with Crippen LogP contribution in [0.4, 0.5) is 14.5 Å². The second-order valence-corrected chi connectivity index (χ2v) is 8.33. The molecule has 36 heavy (non-hydrogen) atoms. The summed E-state index contributed by atoms with van der Waals surface area (Å²) >= 11 is 0. The van der Waals surface area contributed by atoms with Gasteiger partial charge in [0.15, 0.2) is 11.6 Å². The van der Waals surface area contributed by atoms with Crippen molar-refractivity contribution in [3.63, 3.8) is 0 Å². The van der Waals surface area contributed by atoms with Crippen molar-refractivity contribution in [2.45, 2.75) is 31.5 Å². The van der Waals surface area contributed by atoms with Crippen LogP contribution in [0.3, 0.4) is 0 Å². The summed E-state index contributed by atoms with van der Waals surface area (Å²) in [6, 6.07) is 10.1. The second-order valence-electron chi connectivity index (χ2n) is 8.33. The number of ether oxygens (including phenoxy) is 2. The monoisotopic (exact) mass is 498 g/mol. The van der Waals surface area contributed by atoms with E-state index in [0.29, 0.717) is 18.4 Å². The lowest BCUT2D eigenvalue weighted by Gasteiger charge is -2.34. The number of carbonyl (C=O) groups excluding carboxylic acids is 2. The van der Waals surface area contributed by atoms with E-state index < -0.39 is 29.0 Å². The fourth-order valence-electron chi connectivity index (χ4n) is 3.78. The maximum absolute atomic E-state index is 14.3. The van der Waals surface area contributed by atoms with E-state index in [1.165, 1.54) is 37.4 Å². The molecule has 1 aromatic heterocycles. The first-order valence-electron chi connectivity index (χ1n) is 11.1. The Balaban J connectivity index is 1.47. The third-order valence-electron chi connectivity index (χ3n) is 5.88. The number of aromatic nitrogens is 2. The Morgan fingerprint density at radius 3 is 2.50 bits per heavy atom. The van der Waals surface area contributed by atoms with Crippen molar-refractivity contribution in [3.05, 3.63) is 87.3 Å². The van der Waals surface area contributed by atoms with Gasteiger partial charge in [0, 0.05) is 24.9 Å². The highest BCUT2D eigenvalue weighted by Gasteiger charge is 2.31. The SMILES string of the molecule is COc1ccc(Cn2nc(C(=O)Nc3ccc(F)c(C(=O)NC4CC(OC)C4)c3)ccc2=O)cc1F. The molecule has 9 nitrogen and oxygen atoms in total. The first kappa shape index (κ1) is 25.0. The van der Waals surface area contributed by atoms with Crippen LogP contribution in [0.1, 0.15) is 39.3 Å².